The monoisotopic (exact) mass is 245 g/mol. The summed E-state index contributed by atoms with van der Waals surface area (Å²) >= 11 is 0. The molecule has 0 aliphatic heterocycles. The van der Waals surface area contributed by atoms with Gasteiger partial charge in [-0.3, -0.25) is 0 Å². The van der Waals surface area contributed by atoms with Crippen molar-refractivity contribution >= 4 is 10.2 Å². The molecule has 5 nitrogen and oxygen atoms in total. The van der Waals surface area contributed by atoms with Crippen molar-refractivity contribution in [2.45, 2.75) is 39.2 Å². The van der Waals surface area contributed by atoms with Gasteiger partial charge in [-0.2, -0.15) is 22.7 Å². The average molecular weight is 245 g/mol. The number of hydrogen-bond donors (Lipinski definition) is 1. The molecule has 0 heterocycles. The first kappa shape index (κ1) is 13.4. The van der Waals surface area contributed by atoms with Crippen molar-refractivity contribution in [2.75, 3.05) is 13.1 Å². The Kier molecular flexibility index (Phi) is 4.71. The van der Waals surface area contributed by atoms with Crippen LogP contribution in [0.4, 0.5) is 0 Å². The smallest absolute Gasteiger partial charge is 0.199 e. The van der Waals surface area contributed by atoms with E-state index in [2.05, 4.69) is 4.72 Å². The van der Waals surface area contributed by atoms with Gasteiger partial charge in [-0.15, -0.1) is 0 Å². The second kappa shape index (κ2) is 5.62. The van der Waals surface area contributed by atoms with E-state index >= 15 is 0 Å². The standard InChI is InChI=1S/C10H19N3O2S/c1-9(2)8-13(7-3-6-11)16(14,15)12-10-4-5-10/h9-10,12H,3-5,7-8H2,1-2H3. The van der Waals surface area contributed by atoms with Crippen LogP contribution >= 0.6 is 0 Å². The third-order valence-electron chi connectivity index (χ3n) is 2.27. The molecule has 16 heavy (non-hydrogen) atoms. The zero-order chi connectivity index (χ0) is 12.2. The van der Waals surface area contributed by atoms with E-state index in [0.29, 0.717) is 6.54 Å². The fourth-order valence-electron chi connectivity index (χ4n) is 1.38. The summed E-state index contributed by atoms with van der Waals surface area (Å²) in [6.45, 7) is 4.67. The molecule has 0 aromatic heterocycles. The summed E-state index contributed by atoms with van der Waals surface area (Å²) in [7, 11) is -3.39. The molecule has 0 saturated heterocycles. The lowest BCUT2D eigenvalue weighted by Crippen LogP contribution is -2.43. The molecule has 1 aliphatic carbocycles. The van der Waals surface area contributed by atoms with Crippen LogP contribution in [-0.4, -0.2) is 31.9 Å². The number of nitrogens with one attached hydrogen (secondary N) is 1. The SMILES string of the molecule is CC(C)CN(CCC#N)S(=O)(=O)NC1CC1. The van der Waals surface area contributed by atoms with Gasteiger partial charge in [0.1, 0.15) is 0 Å². The Morgan fingerprint density at radius 3 is 2.56 bits per heavy atom. The minimum absolute atomic E-state index is 0.113. The summed E-state index contributed by atoms with van der Waals surface area (Å²) in [5.41, 5.74) is 0. The van der Waals surface area contributed by atoms with Gasteiger partial charge >= 0.3 is 0 Å². The molecular weight excluding hydrogens is 226 g/mol. The summed E-state index contributed by atoms with van der Waals surface area (Å²) in [4.78, 5) is 0. The van der Waals surface area contributed by atoms with Crippen LogP contribution < -0.4 is 4.72 Å². The Morgan fingerprint density at radius 1 is 1.50 bits per heavy atom. The number of hydrogen-bond acceptors (Lipinski definition) is 3. The first-order valence-electron chi connectivity index (χ1n) is 5.60. The topological polar surface area (TPSA) is 73.2 Å². The Hall–Kier alpha value is -0.640. The van der Waals surface area contributed by atoms with Crippen molar-refractivity contribution in [1.29, 1.82) is 5.26 Å². The van der Waals surface area contributed by atoms with Gasteiger partial charge in [0.2, 0.25) is 0 Å². The van der Waals surface area contributed by atoms with E-state index in [0.717, 1.165) is 12.8 Å². The minimum atomic E-state index is -3.39. The van der Waals surface area contributed by atoms with Gasteiger partial charge < -0.3 is 0 Å². The minimum Gasteiger partial charge on any atom is -0.199 e. The van der Waals surface area contributed by atoms with Gasteiger partial charge in [0, 0.05) is 25.6 Å². The molecule has 1 saturated carbocycles. The molecule has 1 aliphatic rings. The van der Waals surface area contributed by atoms with E-state index in [1.54, 1.807) is 0 Å². The quantitative estimate of drug-likeness (QED) is 0.723. The number of rotatable bonds is 7. The van der Waals surface area contributed by atoms with Gasteiger partial charge in [-0.25, -0.2) is 0 Å². The van der Waals surface area contributed by atoms with E-state index in [1.807, 2.05) is 19.9 Å². The molecule has 0 unspecified atom stereocenters. The lowest BCUT2D eigenvalue weighted by molar-refractivity contribution is 0.366. The van der Waals surface area contributed by atoms with Crippen LogP contribution in [0.25, 0.3) is 0 Å². The zero-order valence-corrected chi connectivity index (χ0v) is 10.6. The molecule has 0 aromatic carbocycles. The third-order valence-corrected chi connectivity index (χ3v) is 3.92. The largest absolute Gasteiger partial charge is 0.279 e. The van der Waals surface area contributed by atoms with Crippen LogP contribution in [0, 0.1) is 17.2 Å². The molecule has 0 bridgehead atoms. The van der Waals surface area contributed by atoms with Crippen molar-refractivity contribution in [2.24, 2.45) is 5.92 Å². The predicted octanol–water partition coefficient (Wildman–Crippen LogP) is 0.855. The summed E-state index contributed by atoms with van der Waals surface area (Å²) in [5.74, 6) is 0.259. The van der Waals surface area contributed by atoms with Crippen LogP contribution in [0.5, 0.6) is 0 Å². The highest BCUT2D eigenvalue weighted by Gasteiger charge is 2.30. The maximum Gasteiger partial charge on any atom is 0.279 e. The molecular formula is C10H19N3O2S. The normalized spacial score (nSPS) is 16.7. The maximum atomic E-state index is 11.9. The van der Waals surface area contributed by atoms with E-state index in [-0.39, 0.29) is 24.9 Å². The fourth-order valence-corrected chi connectivity index (χ4v) is 3.01. The second-order valence-electron chi connectivity index (χ2n) is 4.56. The van der Waals surface area contributed by atoms with Crippen LogP contribution in [0.1, 0.15) is 33.1 Å². The highest BCUT2D eigenvalue weighted by atomic mass is 32.2. The molecule has 0 aromatic rings. The van der Waals surface area contributed by atoms with Crippen molar-refractivity contribution < 1.29 is 8.42 Å². The summed E-state index contributed by atoms with van der Waals surface area (Å²) < 4.78 is 27.9. The van der Waals surface area contributed by atoms with Gasteiger partial charge in [-0.05, 0) is 18.8 Å². The van der Waals surface area contributed by atoms with Gasteiger partial charge in [0.25, 0.3) is 10.2 Å². The lowest BCUT2D eigenvalue weighted by atomic mass is 10.2. The molecule has 1 fully saturated rings. The van der Waals surface area contributed by atoms with E-state index in [9.17, 15) is 8.42 Å². The zero-order valence-electron chi connectivity index (χ0n) is 9.81. The average Bonchev–Trinajstić information content (AvgIpc) is 2.94. The van der Waals surface area contributed by atoms with Crippen molar-refractivity contribution in [1.82, 2.24) is 9.03 Å². The molecule has 0 radical (unpaired) electrons. The highest BCUT2D eigenvalue weighted by Crippen LogP contribution is 2.21. The molecule has 1 N–H and O–H groups in total. The lowest BCUT2D eigenvalue weighted by Gasteiger charge is -2.23. The molecule has 1 rings (SSSR count). The van der Waals surface area contributed by atoms with Crippen molar-refractivity contribution in [3.8, 4) is 6.07 Å². The highest BCUT2D eigenvalue weighted by molar-refractivity contribution is 7.87. The number of nitriles is 1. The van der Waals surface area contributed by atoms with Crippen molar-refractivity contribution in [3.05, 3.63) is 0 Å². The Balaban J connectivity index is 2.61. The van der Waals surface area contributed by atoms with E-state index < -0.39 is 10.2 Å². The van der Waals surface area contributed by atoms with Gasteiger partial charge in [0.15, 0.2) is 0 Å². The van der Waals surface area contributed by atoms with Gasteiger partial charge in [-0.1, -0.05) is 13.8 Å². The Labute approximate surface area is 97.6 Å². The first-order chi connectivity index (χ1) is 7.45. The van der Waals surface area contributed by atoms with Crippen LogP contribution in [0.3, 0.4) is 0 Å². The van der Waals surface area contributed by atoms with E-state index in [1.165, 1.54) is 4.31 Å². The van der Waals surface area contributed by atoms with Crippen molar-refractivity contribution in [3.63, 3.8) is 0 Å². The van der Waals surface area contributed by atoms with Crippen LogP contribution in [-0.2, 0) is 10.2 Å². The van der Waals surface area contributed by atoms with Crippen LogP contribution in [0.15, 0.2) is 0 Å². The molecule has 0 amide bonds. The summed E-state index contributed by atoms with van der Waals surface area (Å²) in [5, 5.41) is 8.52. The summed E-state index contributed by atoms with van der Waals surface area (Å²) in [6, 6.07) is 2.09. The fraction of sp³-hybridized carbons (Fsp3) is 0.900. The predicted molar refractivity (Wildman–Crippen MR) is 61.7 cm³/mol. The summed E-state index contributed by atoms with van der Waals surface area (Å²) in [6.07, 6.45) is 2.08. The molecule has 92 valence electrons. The molecule has 6 heteroatoms. The number of nitrogens with zero attached hydrogens (tertiary/aromatic N) is 2. The van der Waals surface area contributed by atoms with Gasteiger partial charge in [0.05, 0.1) is 6.07 Å². The Bertz CT molecular complexity index is 355. The molecule has 0 atom stereocenters. The molecule has 0 spiro atoms. The first-order valence-corrected chi connectivity index (χ1v) is 7.04. The third kappa shape index (κ3) is 4.47. The maximum absolute atomic E-state index is 11.9. The van der Waals surface area contributed by atoms with Crippen LogP contribution in [0.2, 0.25) is 0 Å². The Morgan fingerprint density at radius 2 is 2.12 bits per heavy atom. The van der Waals surface area contributed by atoms with E-state index in [4.69, 9.17) is 5.26 Å². The second-order valence-corrected chi connectivity index (χ2v) is 6.26.